The molecular weight excluding hydrogens is 252 g/mol. The zero-order valence-corrected chi connectivity index (χ0v) is 10.2. The van der Waals surface area contributed by atoms with Crippen LogP contribution in [-0.2, 0) is 9.59 Å². The van der Waals surface area contributed by atoms with E-state index in [1.807, 2.05) is 0 Å². The van der Waals surface area contributed by atoms with Gasteiger partial charge in [-0.2, -0.15) is 0 Å². The molecule has 1 atom stereocenters. The number of primary amides is 1. The topological polar surface area (TPSA) is 119 Å². The molecule has 1 aliphatic heterocycles. The minimum Gasteiger partial charge on any atom is -0.369 e. The van der Waals surface area contributed by atoms with E-state index < -0.39 is 16.7 Å². The minimum atomic E-state index is -0.630. The zero-order valence-electron chi connectivity index (χ0n) is 10.2. The molecule has 1 aromatic rings. The molecule has 0 spiro atoms. The number of rotatable bonds is 3. The summed E-state index contributed by atoms with van der Waals surface area (Å²) in [6.07, 6.45) is -0.0396. The van der Waals surface area contributed by atoms with Crippen molar-refractivity contribution in [2.24, 2.45) is 11.7 Å². The van der Waals surface area contributed by atoms with E-state index in [-0.39, 0.29) is 30.4 Å². The van der Waals surface area contributed by atoms with Crippen LogP contribution in [0.3, 0.4) is 0 Å². The summed E-state index contributed by atoms with van der Waals surface area (Å²) >= 11 is 0. The van der Waals surface area contributed by atoms with Crippen molar-refractivity contribution < 1.29 is 14.5 Å². The molecule has 1 aromatic heterocycles. The van der Waals surface area contributed by atoms with Crippen LogP contribution in [0.2, 0.25) is 0 Å². The Bertz CT molecular complexity index is 572. The summed E-state index contributed by atoms with van der Waals surface area (Å²) < 4.78 is 0. The smallest absolute Gasteiger partial charge is 0.312 e. The first-order chi connectivity index (χ1) is 8.90. The highest BCUT2D eigenvalue weighted by Gasteiger charge is 2.37. The summed E-state index contributed by atoms with van der Waals surface area (Å²) in [5, 5.41) is 10.9. The highest BCUT2D eigenvalue weighted by atomic mass is 16.6. The fourth-order valence-corrected chi connectivity index (χ4v) is 1.98. The molecule has 2 rings (SSSR count). The Morgan fingerprint density at radius 3 is 2.79 bits per heavy atom. The first-order valence-electron chi connectivity index (χ1n) is 5.62. The molecule has 0 bridgehead atoms. The maximum atomic E-state index is 11.8. The number of nitrogens with two attached hydrogens (primary N) is 1. The van der Waals surface area contributed by atoms with E-state index in [0.717, 1.165) is 4.90 Å². The first kappa shape index (κ1) is 12.9. The summed E-state index contributed by atoms with van der Waals surface area (Å²) in [6, 6.07) is 2.79. The number of carbonyl (C=O) groups excluding carboxylic acids is 2. The number of aromatic nitrogens is 1. The Morgan fingerprint density at radius 1 is 1.58 bits per heavy atom. The molecule has 0 aliphatic carbocycles. The lowest BCUT2D eigenvalue weighted by atomic mass is 10.1. The molecular formula is C11H12N4O4. The van der Waals surface area contributed by atoms with Crippen LogP contribution >= 0.6 is 0 Å². The first-order valence-corrected chi connectivity index (χ1v) is 5.62. The van der Waals surface area contributed by atoms with E-state index in [1.54, 1.807) is 6.92 Å². The van der Waals surface area contributed by atoms with Gasteiger partial charge in [-0.25, -0.2) is 4.98 Å². The molecule has 1 saturated heterocycles. The van der Waals surface area contributed by atoms with Crippen LogP contribution in [0.25, 0.3) is 0 Å². The quantitative estimate of drug-likeness (QED) is 0.614. The zero-order chi connectivity index (χ0) is 14.2. The maximum Gasteiger partial charge on any atom is 0.312 e. The Labute approximate surface area is 108 Å². The van der Waals surface area contributed by atoms with E-state index in [9.17, 15) is 19.7 Å². The van der Waals surface area contributed by atoms with Crippen LogP contribution in [0.4, 0.5) is 11.5 Å². The average molecular weight is 264 g/mol. The van der Waals surface area contributed by atoms with Crippen LogP contribution in [0.1, 0.15) is 12.1 Å². The molecule has 100 valence electrons. The number of anilines is 1. The van der Waals surface area contributed by atoms with Crippen LogP contribution in [0.15, 0.2) is 12.1 Å². The molecule has 0 radical (unpaired) electrons. The highest BCUT2D eigenvalue weighted by Crippen LogP contribution is 2.31. The van der Waals surface area contributed by atoms with Crippen molar-refractivity contribution in [3.8, 4) is 0 Å². The third-order valence-electron chi connectivity index (χ3n) is 2.97. The molecule has 8 heteroatoms. The summed E-state index contributed by atoms with van der Waals surface area (Å²) in [7, 11) is 0. The van der Waals surface area contributed by atoms with Crippen molar-refractivity contribution in [1.82, 2.24) is 4.98 Å². The summed E-state index contributed by atoms with van der Waals surface area (Å²) in [5.74, 6) is -1.63. The van der Waals surface area contributed by atoms with E-state index in [4.69, 9.17) is 5.73 Å². The molecule has 2 N–H and O–H groups in total. The third kappa shape index (κ3) is 2.37. The molecule has 2 heterocycles. The largest absolute Gasteiger partial charge is 0.369 e. The van der Waals surface area contributed by atoms with Gasteiger partial charge in [-0.15, -0.1) is 0 Å². The Hall–Kier alpha value is -2.51. The van der Waals surface area contributed by atoms with Crippen LogP contribution in [-0.4, -0.2) is 28.3 Å². The molecule has 19 heavy (non-hydrogen) atoms. The van der Waals surface area contributed by atoms with E-state index in [0.29, 0.717) is 5.69 Å². The monoisotopic (exact) mass is 264 g/mol. The number of hydrogen-bond donors (Lipinski definition) is 1. The fraction of sp³-hybridized carbons (Fsp3) is 0.364. The van der Waals surface area contributed by atoms with E-state index in [1.165, 1.54) is 12.1 Å². The number of amides is 2. The van der Waals surface area contributed by atoms with Gasteiger partial charge in [0.1, 0.15) is 0 Å². The lowest BCUT2D eigenvalue weighted by Crippen LogP contribution is -2.29. The second kappa shape index (κ2) is 4.63. The SMILES string of the molecule is Cc1ccc([N+](=O)[O-])c(N2CC(C(N)=O)CC2=O)n1. The van der Waals surface area contributed by atoms with Crippen LogP contribution < -0.4 is 10.6 Å². The Kier molecular flexibility index (Phi) is 3.16. The lowest BCUT2D eigenvalue weighted by Gasteiger charge is -2.15. The third-order valence-corrected chi connectivity index (χ3v) is 2.97. The van der Waals surface area contributed by atoms with Crippen molar-refractivity contribution in [3.05, 3.63) is 27.9 Å². The van der Waals surface area contributed by atoms with Crippen molar-refractivity contribution in [1.29, 1.82) is 0 Å². The van der Waals surface area contributed by atoms with Crippen LogP contribution in [0, 0.1) is 23.0 Å². The molecule has 0 saturated carbocycles. The normalized spacial score (nSPS) is 18.7. The number of nitro groups is 1. The predicted octanol–water partition coefficient (Wildman–Crippen LogP) is 0.136. The molecule has 8 nitrogen and oxygen atoms in total. The number of hydrogen-bond acceptors (Lipinski definition) is 5. The van der Waals surface area contributed by atoms with Crippen LogP contribution in [0.5, 0.6) is 0 Å². The van der Waals surface area contributed by atoms with E-state index in [2.05, 4.69) is 4.98 Å². The average Bonchev–Trinajstić information content (AvgIpc) is 2.71. The Balaban J connectivity index is 2.42. The maximum absolute atomic E-state index is 11.8. The lowest BCUT2D eigenvalue weighted by molar-refractivity contribution is -0.384. The molecule has 1 aliphatic rings. The van der Waals surface area contributed by atoms with Gasteiger partial charge in [0.15, 0.2) is 0 Å². The summed E-state index contributed by atoms with van der Waals surface area (Å²) in [5.41, 5.74) is 5.45. The highest BCUT2D eigenvalue weighted by molar-refractivity contribution is 6.00. The molecule has 2 amide bonds. The number of carbonyl (C=O) groups is 2. The van der Waals surface area contributed by atoms with Gasteiger partial charge >= 0.3 is 5.69 Å². The van der Waals surface area contributed by atoms with Gasteiger partial charge in [0.05, 0.1) is 10.8 Å². The number of nitrogens with zero attached hydrogens (tertiary/aromatic N) is 3. The van der Waals surface area contributed by atoms with Gasteiger partial charge in [-0.05, 0) is 13.0 Å². The number of pyridine rings is 1. The minimum absolute atomic E-state index is 0.0289. The van der Waals surface area contributed by atoms with Crippen molar-refractivity contribution in [2.45, 2.75) is 13.3 Å². The van der Waals surface area contributed by atoms with Gasteiger partial charge in [0, 0.05) is 24.7 Å². The predicted molar refractivity (Wildman–Crippen MR) is 65.3 cm³/mol. The Morgan fingerprint density at radius 2 is 2.26 bits per heavy atom. The van der Waals surface area contributed by atoms with Crippen molar-refractivity contribution in [2.75, 3.05) is 11.4 Å². The second-order valence-corrected chi connectivity index (χ2v) is 4.36. The molecule has 1 fully saturated rings. The standard InChI is InChI=1S/C11H12N4O4/c1-6-2-3-8(15(18)19)11(13-6)14-5-7(10(12)17)4-9(14)16/h2-3,7H,4-5H2,1H3,(H2,12,17). The fourth-order valence-electron chi connectivity index (χ4n) is 1.98. The summed E-state index contributed by atoms with van der Waals surface area (Å²) in [6.45, 7) is 1.70. The van der Waals surface area contributed by atoms with Gasteiger partial charge in [0.25, 0.3) is 0 Å². The van der Waals surface area contributed by atoms with Crippen molar-refractivity contribution in [3.63, 3.8) is 0 Å². The van der Waals surface area contributed by atoms with Gasteiger partial charge < -0.3 is 5.73 Å². The van der Waals surface area contributed by atoms with Gasteiger partial charge in [-0.3, -0.25) is 24.6 Å². The van der Waals surface area contributed by atoms with Gasteiger partial charge in [-0.1, -0.05) is 0 Å². The summed E-state index contributed by atoms with van der Waals surface area (Å²) in [4.78, 5) is 38.5. The van der Waals surface area contributed by atoms with E-state index >= 15 is 0 Å². The van der Waals surface area contributed by atoms with Crippen molar-refractivity contribution >= 4 is 23.3 Å². The second-order valence-electron chi connectivity index (χ2n) is 4.36. The number of aryl methyl sites for hydroxylation is 1. The molecule has 1 unspecified atom stereocenters. The molecule has 0 aromatic carbocycles. The van der Waals surface area contributed by atoms with Gasteiger partial charge in [0.2, 0.25) is 17.6 Å².